The highest BCUT2D eigenvalue weighted by Gasteiger charge is 2.36. The van der Waals surface area contributed by atoms with Gasteiger partial charge in [0.2, 0.25) is 0 Å². The van der Waals surface area contributed by atoms with E-state index in [-0.39, 0.29) is 6.10 Å². The summed E-state index contributed by atoms with van der Waals surface area (Å²) in [6.07, 6.45) is 6.47. The van der Waals surface area contributed by atoms with Crippen LogP contribution in [0, 0.1) is 5.92 Å². The Hall–Kier alpha value is -1.02. The van der Waals surface area contributed by atoms with E-state index in [2.05, 4.69) is 23.1 Å². The fourth-order valence-corrected chi connectivity index (χ4v) is 3.81. The number of hydrogen-bond donors (Lipinski definition) is 1. The van der Waals surface area contributed by atoms with E-state index in [1.54, 1.807) is 0 Å². The molecule has 98 valence electrons. The maximum absolute atomic E-state index is 9.93. The van der Waals surface area contributed by atoms with Crippen LogP contribution in [0.2, 0.25) is 0 Å². The first kappa shape index (κ1) is 12.0. The molecule has 2 unspecified atom stereocenters. The van der Waals surface area contributed by atoms with Gasteiger partial charge in [-0.05, 0) is 38.2 Å². The molecule has 1 aromatic carbocycles. The van der Waals surface area contributed by atoms with E-state index in [1.807, 2.05) is 13.0 Å². The van der Waals surface area contributed by atoms with Crippen LogP contribution in [0.5, 0.6) is 0 Å². The third kappa shape index (κ3) is 2.03. The maximum Gasteiger partial charge on any atom is 0.0781 e. The molecule has 2 fully saturated rings. The number of aliphatic hydroxyl groups is 1. The molecule has 0 radical (unpaired) electrons. The Morgan fingerprint density at radius 1 is 1.17 bits per heavy atom. The van der Waals surface area contributed by atoms with Gasteiger partial charge < -0.3 is 10.0 Å². The standard InChI is InChI=1S/C16H23NO/c1-12(18)14-7-3-5-9-16(14)17-11-10-13-6-2-4-8-15(13)17/h3,5,7,9,12-13,15,18H,2,4,6,8,10-11H2,1H3/t12-,13?,15?/m1/s1. The Labute approximate surface area is 110 Å². The largest absolute Gasteiger partial charge is 0.389 e. The summed E-state index contributed by atoms with van der Waals surface area (Å²) >= 11 is 0. The summed E-state index contributed by atoms with van der Waals surface area (Å²) in [4.78, 5) is 2.56. The van der Waals surface area contributed by atoms with Crippen molar-refractivity contribution < 1.29 is 5.11 Å². The lowest BCUT2D eigenvalue weighted by Gasteiger charge is -2.34. The van der Waals surface area contributed by atoms with Crippen LogP contribution < -0.4 is 4.90 Å². The molecule has 0 aromatic heterocycles. The Balaban J connectivity index is 1.90. The fourth-order valence-electron chi connectivity index (χ4n) is 3.81. The normalized spacial score (nSPS) is 29.1. The summed E-state index contributed by atoms with van der Waals surface area (Å²) in [5.41, 5.74) is 2.35. The first-order chi connectivity index (χ1) is 8.77. The van der Waals surface area contributed by atoms with E-state index in [4.69, 9.17) is 0 Å². The molecule has 0 bridgehead atoms. The zero-order chi connectivity index (χ0) is 12.5. The highest BCUT2D eigenvalue weighted by molar-refractivity contribution is 5.56. The number of hydrogen-bond acceptors (Lipinski definition) is 2. The third-order valence-corrected chi connectivity index (χ3v) is 4.71. The van der Waals surface area contributed by atoms with Crippen LogP contribution in [0.1, 0.15) is 50.7 Å². The first-order valence-corrected chi connectivity index (χ1v) is 7.31. The Bertz CT molecular complexity index is 415. The van der Waals surface area contributed by atoms with Crippen LogP contribution in [0.15, 0.2) is 24.3 Å². The van der Waals surface area contributed by atoms with E-state index in [1.165, 1.54) is 44.3 Å². The first-order valence-electron chi connectivity index (χ1n) is 7.31. The molecule has 1 aromatic rings. The van der Waals surface area contributed by atoms with Gasteiger partial charge in [0, 0.05) is 23.8 Å². The second-order valence-corrected chi connectivity index (χ2v) is 5.83. The summed E-state index contributed by atoms with van der Waals surface area (Å²) in [6.45, 7) is 3.03. The van der Waals surface area contributed by atoms with Crippen LogP contribution in [0.3, 0.4) is 0 Å². The smallest absolute Gasteiger partial charge is 0.0781 e. The third-order valence-electron chi connectivity index (χ3n) is 4.71. The SMILES string of the molecule is C[C@@H](O)c1ccccc1N1CCC2CCCCC21. The van der Waals surface area contributed by atoms with Gasteiger partial charge in [-0.25, -0.2) is 0 Å². The van der Waals surface area contributed by atoms with Gasteiger partial charge in [0.05, 0.1) is 6.10 Å². The number of benzene rings is 1. The molecular weight excluding hydrogens is 222 g/mol. The zero-order valence-corrected chi connectivity index (χ0v) is 11.2. The van der Waals surface area contributed by atoms with E-state index in [9.17, 15) is 5.11 Å². The number of rotatable bonds is 2. The second-order valence-electron chi connectivity index (χ2n) is 5.83. The van der Waals surface area contributed by atoms with Crippen LogP contribution >= 0.6 is 0 Å². The summed E-state index contributed by atoms with van der Waals surface area (Å²) < 4.78 is 0. The van der Waals surface area contributed by atoms with Gasteiger partial charge >= 0.3 is 0 Å². The quantitative estimate of drug-likeness (QED) is 0.862. The van der Waals surface area contributed by atoms with Crippen LogP contribution in [0.4, 0.5) is 5.69 Å². The van der Waals surface area contributed by atoms with Gasteiger partial charge in [-0.3, -0.25) is 0 Å². The number of nitrogens with zero attached hydrogens (tertiary/aromatic N) is 1. The molecule has 2 heteroatoms. The zero-order valence-electron chi connectivity index (χ0n) is 11.2. The maximum atomic E-state index is 9.93. The van der Waals surface area contributed by atoms with Crippen molar-refractivity contribution >= 4 is 5.69 Å². The molecule has 1 saturated carbocycles. The summed E-state index contributed by atoms with van der Waals surface area (Å²) in [7, 11) is 0. The Kier molecular flexibility index (Phi) is 3.29. The van der Waals surface area contributed by atoms with Gasteiger partial charge in [0.15, 0.2) is 0 Å². The summed E-state index contributed by atoms with van der Waals surface area (Å²) in [5.74, 6) is 0.890. The molecular formula is C16H23NO. The van der Waals surface area contributed by atoms with Crippen molar-refractivity contribution in [3.05, 3.63) is 29.8 Å². The van der Waals surface area contributed by atoms with E-state index >= 15 is 0 Å². The average Bonchev–Trinajstić information content (AvgIpc) is 2.82. The predicted octanol–water partition coefficient (Wildman–Crippen LogP) is 3.51. The molecule has 1 N–H and O–H groups in total. The minimum atomic E-state index is -0.371. The van der Waals surface area contributed by atoms with E-state index in [0.29, 0.717) is 0 Å². The molecule has 2 aliphatic rings. The molecule has 1 aliphatic carbocycles. The predicted molar refractivity (Wildman–Crippen MR) is 74.8 cm³/mol. The monoisotopic (exact) mass is 245 g/mol. The van der Waals surface area contributed by atoms with Crippen LogP contribution in [-0.4, -0.2) is 17.7 Å². The molecule has 3 atom stereocenters. The van der Waals surface area contributed by atoms with Crippen molar-refractivity contribution in [2.45, 2.75) is 51.2 Å². The molecule has 3 rings (SSSR count). The minimum absolute atomic E-state index is 0.371. The molecule has 2 nitrogen and oxygen atoms in total. The van der Waals surface area contributed by atoms with Crippen LogP contribution in [-0.2, 0) is 0 Å². The van der Waals surface area contributed by atoms with Gasteiger partial charge in [0.1, 0.15) is 0 Å². The minimum Gasteiger partial charge on any atom is -0.389 e. The van der Waals surface area contributed by atoms with Crippen molar-refractivity contribution in [2.75, 3.05) is 11.4 Å². The van der Waals surface area contributed by atoms with E-state index in [0.717, 1.165) is 17.5 Å². The average molecular weight is 245 g/mol. The molecule has 1 heterocycles. The Morgan fingerprint density at radius 2 is 1.94 bits per heavy atom. The number of para-hydroxylation sites is 1. The van der Waals surface area contributed by atoms with Crippen molar-refractivity contribution in [3.8, 4) is 0 Å². The van der Waals surface area contributed by atoms with Crippen LogP contribution in [0.25, 0.3) is 0 Å². The lowest BCUT2D eigenvalue weighted by atomic mass is 9.85. The van der Waals surface area contributed by atoms with Crippen molar-refractivity contribution in [3.63, 3.8) is 0 Å². The van der Waals surface area contributed by atoms with Gasteiger partial charge in [-0.15, -0.1) is 0 Å². The molecule has 0 spiro atoms. The molecule has 18 heavy (non-hydrogen) atoms. The van der Waals surface area contributed by atoms with Gasteiger partial charge in [-0.1, -0.05) is 31.0 Å². The van der Waals surface area contributed by atoms with Gasteiger partial charge in [0.25, 0.3) is 0 Å². The molecule has 1 saturated heterocycles. The van der Waals surface area contributed by atoms with Crippen molar-refractivity contribution in [1.82, 2.24) is 0 Å². The summed E-state index contributed by atoms with van der Waals surface area (Å²) in [5, 5.41) is 9.93. The fraction of sp³-hybridized carbons (Fsp3) is 0.625. The number of anilines is 1. The number of fused-ring (bicyclic) bond motifs is 1. The summed E-state index contributed by atoms with van der Waals surface area (Å²) in [6, 6.07) is 9.09. The van der Waals surface area contributed by atoms with Crippen molar-refractivity contribution in [2.24, 2.45) is 5.92 Å². The lowest BCUT2D eigenvalue weighted by Crippen LogP contribution is -2.35. The number of aliphatic hydroxyl groups excluding tert-OH is 1. The molecule has 0 amide bonds. The second kappa shape index (κ2) is 4.93. The lowest BCUT2D eigenvalue weighted by molar-refractivity contribution is 0.199. The highest BCUT2D eigenvalue weighted by Crippen LogP contribution is 2.40. The topological polar surface area (TPSA) is 23.5 Å². The van der Waals surface area contributed by atoms with Crippen molar-refractivity contribution in [1.29, 1.82) is 0 Å². The van der Waals surface area contributed by atoms with E-state index < -0.39 is 0 Å². The molecule has 1 aliphatic heterocycles. The Morgan fingerprint density at radius 3 is 2.78 bits per heavy atom. The van der Waals surface area contributed by atoms with Gasteiger partial charge in [-0.2, -0.15) is 0 Å². The highest BCUT2D eigenvalue weighted by atomic mass is 16.3.